The van der Waals surface area contributed by atoms with E-state index in [2.05, 4.69) is 0 Å². The van der Waals surface area contributed by atoms with Gasteiger partial charge in [-0.3, -0.25) is 4.79 Å². The third-order valence-corrected chi connectivity index (χ3v) is 2.86. The highest BCUT2D eigenvalue weighted by atomic mass is 16.4. The highest BCUT2D eigenvalue weighted by Gasteiger charge is 2.17. The molecule has 1 aromatic rings. The quantitative estimate of drug-likeness (QED) is 0.820. The number of aryl methyl sites for hydroxylation is 2. The molecule has 3 nitrogen and oxygen atoms in total. The number of benzene rings is 1. The van der Waals surface area contributed by atoms with Crippen LogP contribution in [-0.4, -0.2) is 11.1 Å². The molecule has 0 amide bonds. The molecule has 2 atom stereocenters. The molecule has 0 bridgehead atoms. The standard InChI is InChI=1S/C13H19NO2/c1-8-4-5-9(2)11(6-8)12(14)7-10(3)13(15)16/h4-6,10,12H,7,14H2,1-3H3,(H,15,16). The van der Waals surface area contributed by atoms with Crippen molar-refractivity contribution in [1.82, 2.24) is 0 Å². The van der Waals surface area contributed by atoms with Gasteiger partial charge < -0.3 is 10.8 Å². The van der Waals surface area contributed by atoms with E-state index in [0.717, 1.165) is 16.7 Å². The van der Waals surface area contributed by atoms with Gasteiger partial charge in [0, 0.05) is 6.04 Å². The average Bonchev–Trinajstić information content (AvgIpc) is 2.21. The zero-order valence-corrected chi connectivity index (χ0v) is 10.0. The molecule has 0 aliphatic carbocycles. The van der Waals surface area contributed by atoms with E-state index in [1.165, 1.54) is 0 Å². The predicted molar refractivity (Wildman–Crippen MR) is 64.3 cm³/mol. The summed E-state index contributed by atoms with van der Waals surface area (Å²) in [5.41, 5.74) is 9.36. The van der Waals surface area contributed by atoms with Crippen molar-refractivity contribution in [3.8, 4) is 0 Å². The van der Waals surface area contributed by atoms with Crippen molar-refractivity contribution in [2.75, 3.05) is 0 Å². The van der Waals surface area contributed by atoms with Gasteiger partial charge >= 0.3 is 5.97 Å². The summed E-state index contributed by atoms with van der Waals surface area (Å²) < 4.78 is 0. The molecule has 3 N–H and O–H groups in total. The first-order valence-corrected chi connectivity index (χ1v) is 5.47. The fraction of sp³-hybridized carbons (Fsp3) is 0.462. The second-order valence-electron chi connectivity index (χ2n) is 4.44. The van der Waals surface area contributed by atoms with Crippen molar-refractivity contribution in [3.05, 3.63) is 34.9 Å². The molecule has 0 heterocycles. The van der Waals surface area contributed by atoms with Gasteiger partial charge in [-0.05, 0) is 31.4 Å². The number of carboxylic acid groups (broad SMARTS) is 1. The van der Waals surface area contributed by atoms with Crippen LogP contribution in [0.25, 0.3) is 0 Å². The first kappa shape index (κ1) is 12.7. The third kappa shape index (κ3) is 3.07. The van der Waals surface area contributed by atoms with Crippen molar-refractivity contribution in [1.29, 1.82) is 0 Å². The van der Waals surface area contributed by atoms with Crippen LogP contribution in [0.5, 0.6) is 0 Å². The lowest BCUT2D eigenvalue weighted by Crippen LogP contribution is -2.20. The van der Waals surface area contributed by atoms with Crippen LogP contribution in [0.15, 0.2) is 18.2 Å². The minimum absolute atomic E-state index is 0.203. The Morgan fingerprint density at radius 3 is 2.62 bits per heavy atom. The van der Waals surface area contributed by atoms with Crippen molar-refractivity contribution in [3.63, 3.8) is 0 Å². The number of rotatable bonds is 4. The summed E-state index contributed by atoms with van der Waals surface area (Å²) in [6.07, 6.45) is 0.472. The van der Waals surface area contributed by atoms with E-state index in [9.17, 15) is 4.79 Å². The Kier molecular flexibility index (Phi) is 4.07. The number of nitrogens with two attached hydrogens (primary N) is 1. The van der Waals surface area contributed by atoms with Crippen molar-refractivity contribution in [2.45, 2.75) is 33.2 Å². The van der Waals surface area contributed by atoms with E-state index in [1.807, 2.05) is 32.0 Å². The largest absolute Gasteiger partial charge is 0.481 e. The monoisotopic (exact) mass is 221 g/mol. The maximum Gasteiger partial charge on any atom is 0.306 e. The lowest BCUT2D eigenvalue weighted by molar-refractivity contribution is -0.141. The first-order chi connectivity index (χ1) is 7.41. The Morgan fingerprint density at radius 1 is 1.44 bits per heavy atom. The van der Waals surface area contributed by atoms with Crippen LogP contribution < -0.4 is 5.73 Å². The van der Waals surface area contributed by atoms with E-state index in [0.29, 0.717) is 6.42 Å². The highest BCUT2D eigenvalue weighted by Crippen LogP contribution is 2.23. The van der Waals surface area contributed by atoms with Crippen molar-refractivity contribution in [2.24, 2.45) is 11.7 Å². The Labute approximate surface area is 96.3 Å². The van der Waals surface area contributed by atoms with Crippen LogP contribution in [0.3, 0.4) is 0 Å². The zero-order chi connectivity index (χ0) is 12.3. The predicted octanol–water partition coefficient (Wildman–Crippen LogP) is 2.41. The van der Waals surface area contributed by atoms with Crippen LogP contribution in [0.1, 0.15) is 36.1 Å². The molecule has 88 valence electrons. The molecule has 0 aliphatic heterocycles. The number of hydrogen-bond acceptors (Lipinski definition) is 2. The zero-order valence-electron chi connectivity index (χ0n) is 10.0. The van der Waals surface area contributed by atoms with E-state index in [1.54, 1.807) is 6.92 Å². The third-order valence-electron chi connectivity index (χ3n) is 2.86. The van der Waals surface area contributed by atoms with Crippen LogP contribution in [0.4, 0.5) is 0 Å². The van der Waals surface area contributed by atoms with E-state index >= 15 is 0 Å². The molecule has 0 aliphatic rings. The van der Waals surface area contributed by atoms with Crippen LogP contribution in [0.2, 0.25) is 0 Å². The second kappa shape index (κ2) is 5.12. The summed E-state index contributed by atoms with van der Waals surface area (Å²) in [4.78, 5) is 10.8. The van der Waals surface area contributed by atoms with Gasteiger partial charge in [0.1, 0.15) is 0 Å². The SMILES string of the molecule is Cc1ccc(C)c(C(N)CC(C)C(=O)O)c1. The number of carboxylic acids is 1. The minimum atomic E-state index is -0.791. The molecule has 0 aromatic heterocycles. The Balaban J connectivity index is 2.83. The average molecular weight is 221 g/mol. The summed E-state index contributed by atoms with van der Waals surface area (Å²) in [6, 6.07) is 5.89. The summed E-state index contributed by atoms with van der Waals surface area (Å²) >= 11 is 0. The van der Waals surface area contributed by atoms with Gasteiger partial charge in [-0.1, -0.05) is 30.7 Å². The normalized spacial score (nSPS) is 14.5. The molecule has 0 saturated heterocycles. The maximum absolute atomic E-state index is 10.8. The summed E-state index contributed by atoms with van der Waals surface area (Å²) in [7, 11) is 0. The molecule has 2 unspecified atom stereocenters. The molecular weight excluding hydrogens is 202 g/mol. The van der Waals surface area contributed by atoms with E-state index < -0.39 is 11.9 Å². The van der Waals surface area contributed by atoms with E-state index in [-0.39, 0.29) is 6.04 Å². The smallest absolute Gasteiger partial charge is 0.306 e. The lowest BCUT2D eigenvalue weighted by atomic mass is 9.93. The first-order valence-electron chi connectivity index (χ1n) is 5.47. The molecule has 0 saturated carbocycles. The van der Waals surface area contributed by atoms with Gasteiger partial charge in [-0.2, -0.15) is 0 Å². The topological polar surface area (TPSA) is 63.3 Å². The minimum Gasteiger partial charge on any atom is -0.481 e. The van der Waals surface area contributed by atoms with Gasteiger partial charge in [0.2, 0.25) is 0 Å². The van der Waals surface area contributed by atoms with Gasteiger partial charge in [0.05, 0.1) is 5.92 Å². The molecule has 1 aromatic carbocycles. The molecular formula is C13H19NO2. The molecule has 0 fully saturated rings. The van der Waals surface area contributed by atoms with Crippen LogP contribution in [0, 0.1) is 19.8 Å². The van der Waals surface area contributed by atoms with Gasteiger partial charge in [-0.15, -0.1) is 0 Å². The molecule has 1 rings (SSSR count). The molecule has 3 heteroatoms. The lowest BCUT2D eigenvalue weighted by Gasteiger charge is -2.17. The van der Waals surface area contributed by atoms with Gasteiger partial charge in [0.25, 0.3) is 0 Å². The van der Waals surface area contributed by atoms with Gasteiger partial charge in [0.15, 0.2) is 0 Å². The van der Waals surface area contributed by atoms with Crippen molar-refractivity contribution < 1.29 is 9.90 Å². The summed E-state index contributed by atoms with van der Waals surface area (Å²) in [5, 5.41) is 8.85. The second-order valence-corrected chi connectivity index (χ2v) is 4.44. The van der Waals surface area contributed by atoms with Crippen molar-refractivity contribution >= 4 is 5.97 Å². The molecule has 0 radical (unpaired) electrons. The molecule has 16 heavy (non-hydrogen) atoms. The van der Waals surface area contributed by atoms with Crippen LogP contribution in [-0.2, 0) is 4.79 Å². The maximum atomic E-state index is 10.8. The fourth-order valence-electron chi connectivity index (χ4n) is 1.77. The summed E-state index contributed by atoms with van der Waals surface area (Å²) in [6.45, 7) is 5.70. The fourth-order valence-corrected chi connectivity index (χ4v) is 1.77. The number of carbonyl (C=O) groups is 1. The number of aliphatic carboxylic acids is 1. The summed E-state index contributed by atoms with van der Waals surface area (Å²) in [5.74, 6) is -1.20. The Morgan fingerprint density at radius 2 is 2.06 bits per heavy atom. The van der Waals surface area contributed by atoms with Crippen LogP contribution >= 0.6 is 0 Å². The van der Waals surface area contributed by atoms with E-state index in [4.69, 9.17) is 10.8 Å². The Bertz CT molecular complexity index is 388. The highest BCUT2D eigenvalue weighted by molar-refractivity contribution is 5.69. The van der Waals surface area contributed by atoms with Gasteiger partial charge in [-0.25, -0.2) is 0 Å². The Hall–Kier alpha value is -1.35. The molecule has 0 spiro atoms. The number of hydrogen-bond donors (Lipinski definition) is 2.